The number of hydrogen-bond acceptors (Lipinski definition) is 3. The maximum Gasteiger partial charge on any atom is 0.0590 e. The summed E-state index contributed by atoms with van der Waals surface area (Å²) in [5.74, 6) is 0. The van der Waals surface area contributed by atoms with Crippen LogP contribution in [0.3, 0.4) is 0 Å². The maximum absolute atomic E-state index is 4.00. The Labute approximate surface area is 71.6 Å². The van der Waals surface area contributed by atoms with E-state index in [2.05, 4.69) is 31.1 Å². The van der Waals surface area contributed by atoms with Gasteiger partial charge in [0.05, 0.1) is 12.4 Å². The molecule has 0 aliphatic rings. The molecular weight excluding hydrogens is 206 g/mol. The SMILES string of the molecule is Brc1cncc2cnncc12. The molecule has 2 rings (SSSR count). The zero-order chi connectivity index (χ0) is 7.68. The van der Waals surface area contributed by atoms with Crippen LogP contribution in [0.1, 0.15) is 0 Å². The molecule has 3 nitrogen and oxygen atoms in total. The molecule has 2 aromatic rings. The van der Waals surface area contributed by atoms with Crippen LogP contribution in [0.5, 0.6) is 0 Å². The van der Waals surface area contributed by atoms with E-state index in [9.17, 15) is 0 Å². The fraction of sp³-hybridized carbons (Fsp3) is 0. The fourth-order valence-electron chi connectivity index (χ4n) is 0.886. The van der Waals surface area contributed by atoms with Crippen molar-refractivity contribution in [2.24, 2.45) is 0 Å². The molecule has 11 heavy (non-hydrogen) atoms. The van der Waals surface area contributed by atoms with Crippen LogP contribution in [0.15, 0.2) is 29.3 Å². The molecule has 4 heteroatoms. The minimum Gasteiger partial charge on any atom is -0.263 e. The summed E-state index contributed by atoms with van der Waals surface area (Å²) in [7, 11) is 0. The topological polar surface area (TPSA) is 38.7 Å². The minimum atomic E-state index is 0.949. The zero-order valence-corrected chi connectivity index (χ0v) is 7.12. The molecule has 0 radical (unpaired) electrons. The second-order valence-corrected chi connectivity index (χ2v) is 2.97. The summed E-state index contributed by atoms with van der Waals surface area (Å²) in [4.78, 5) is 4.00. The van der Waals surface area contributed by atoms with Gasteiger partial charge < -0.3 is 0 Å². The van der Waals surface area contributed by atoms with E-state index in [0.717, 1.165) is 15.2 Å². The highest BCUT2D eigenvalue weighted by Crippen LogP contribution is 2.19. The first-order valence-electron chi connectivity index (χ1n) is 3.08. The first kappa shape index (κ1) is 6.67. The molecule has 0 bridgehead atoms. The van der Waals surface area contributed by atoms with E-state index in [0.29, 0.717) is 0 Å². The molecule has 0 atom stereocenters. The lowest BCUT2D eigenvalue weighted by atomic mass is 10.3. The van der Waals surface area contributed by atoms with E-state index in [1.54, 1.807) is 24.8 Å². The third-order valence-corrected chi connectivity index (χ3v) is 2.05. The van der Waals surface area contributed by atoms with Gasteiger partial charge in [0.15, 0.2) is 0 Å². The van der Waals surface area contributed by atoms with Crippen LogP contribution in [0.2, 0.25) is 0 Å². The Balaban J connectivity index is 2.91. The van der Waals surface area contributed by atoms with E-state index in [4.69, 9.17) is 0 Å². The second kappa shape index (κ2) is 2.54. The molecule has 0 aliphatic heterocycles. The molecular formula is C7H4BrN3. The molecule has 0 spiro atoms. The Morgan fingerprint density at radius 1 is 1.00 bits per heavy atom. The summed E-state index contributed by atoms with van der Waals surface area (Å²) in [6.45, 7) is 0. The summed E-state index contributed by atoms with van der Waals surface area (Å²) in [6, 6.07) is 0. The van der Waals surface area contributed by atoms with Crippen LogP contribution in [0, 0.1) is 0 Å². The van der Waals surface area contributed by atoms with Gasteiger partial charge in [-0.1, -0.05) is 0 Å². The van der Waals surface area contributed by atoms with E-state index in [-0.39, 0.29) is 0 Å². The molecule has 0 amide bonds. The van der Waals surface area contributed by atoms with Gasteiger partial charge in [-0.15, -0.1) is 0 Å². The van der Waals surface area contributed by atoms with Gasteiger partial charge in [0.1, 0.15) is 0 Å². The summed E-state index contributed by atoms with van der Waals surface area (Å²) < 4.78 is 0.949. The summed E-state index contributed by atoms with van der Waals surface area (Å²) >= 11 is 3.37. The van der Waals surface area contributed by atoms with Gasteiger partial charge in [-0.3, -0.25) is 4.98 Å². The molecule has 0 unspecified atom stereocenters. The average Bonchev–Trinajstić information content (AvgIpc) is 2.06. The Bertz CT molecular complexity index is 383. The zero-order valence-electron chi connectivity index (χ0n) is 5.53. The normalized spacial score (nSPS) is 10.3. The third kappa shape index (κ3) is 1.09. The number of nitrogens with zero attached hydrogens (tertiary/aromatic N) is 3. The van der Waals surface area contributed by atoms with E-state index >= 15 is 0 Å². The highest BCUT2D eigenvalue weighted by molar-refractivity contribution is 9.10. The van der Waals surface area contributed by atoms with Crippen LogP contribution in [-0.4, -0.2) is 15.2 Å². The van der Waals surface area contributed by atoms with Crippen molar-refractivity contribution in [2.45, 2.75) is 0 Å². The standard InChI is InChI=1S/C7H4BrN3/c8-7-4-9-1-5-2-10-11-3-6(5)7/h1-4H. The predicted octanol–water partition coefficient (Wildman–Crippen LogP) is 1.79. The van der Waals surface area contributed by atoms with Gasteiger partial charge in [-0.25, -0.2) is 0 Å². The van der Waals surface area contributed by atoms with Crippen LogP contribution >= 0.6 is 15.9 Å². The van der Waals surface area contributed by atoms with Crippen molar-refractivity contribution in [1.82, 2.24) is 15.2 Å². The molecule has 0 saturated carbocycles. The average molecular weight is 210 g/mol. The highest BCUT2D eigenvalue weighted by atomic mass is 79.9. The quantitative estimate of drug-likeness (QED) is 0.665. The summed E-state index contributed by atoms with van der Waals surface area (Å²) in [6.07, 6.45) is 6.90. The molecule has 2 aromatic heterocycles. The lowest BCUT2D eigenvalue weighted by Gasteiger charge is -1.95. The minimum absolute atomic E-state index is 0.949. The molecule has 0 aromatic carbocycles. The Hall–Kier alpha value is -1.03. The van der Waals surface area contributed by atoms with E-state index in [1.807, 2.05) is 0 Å². The third-order valence-electron chi connectivity index (χ3n) is 1.42. The molecule has 0 aliphatic carbocycles. The smallest absolute Gasteiger partial charge is 0.0590 e. The van der Waals surface area contributed by atoms with Crippen molar-refractivity contribution in [3.63, 3.8) is 0 Å². The number of hydrogen-bond donors (Lipinski definition) is 0. The Morgan fingerprint density at radius 2 is 1.82 bits per heavy atom. The number of fused-ring (bicyclic) bond motifs is 1. The monoisotopic (exact) mass is 209 g/mol. The van der Waals surface area contributed by atoms with Crippen molar-refractivity contribution in [3.8, 4) is 0 Å². The van der Waals surface area contributed by atoms with Gasteiger partial charge >= 0.3 is 0 Å². The summed E-state index contributed by atoms with van der Waals surface area (Å²) in [5, 5.41) is 9.54. The number of rotatable bonds is 0. The van der Waals surface area contributed by atoms with Crippen LogP contribution < -0.4 is 0 Å². The molecule has 0 N–H and O–H groups in total. The first-order valence-corrected chi connectivity index (χ1v) is 3.87. The van der Waals surface area contributed by atoms with Gasteiger partial charge in [0.2, 0.25) is 0 Å². The van der Waals surface area contributed by atoms with Crippen molar-refractivity contribution in [3.05, 3.63) is 29.3 Å². The van der Waals surface area contributed by atoms with Crippen LogP contribution in [0.4, 0.5) is 0 Å². The van der Waals surface area contributed by atoms with E-state index in [1.165, 1.54) is 0 Å². The van der Waals surface area contributed by atoms with Crippen molar-refractivity contribution < 1.29 is 0 Å². The van der Waals surface area contributed by atoms with Gasteiger partial charge in [0.25, 0.3) is 0 Å². The largest absolute Gasteiger partial charge is 0.263 e. The van der Waals surface area contributed by atoms with E-state index < -0.39 is 0 Å². The maximum atomic E-state index is 4.00. The Morgan fingerprint density at radius 3 is 2.64 bits per heavy atom. The first-order chi connectivity index (χ1) is 5.38. The van der Waals surface area contributed by atoms with Crippen molar-refractivity contribution in [2.75, 3.05) is 0 Å². The summed E-state index contributed by atoms with van der Waals surface area (Å²) in [5.41, 5.74) is 0. The van der Waals surface area contributed by atoms with Crippen molar-refractivity contribution in [1.29, 1.82) is 0 Å². The Kier molecular flexibility index (Phi) is 1.54. The van der Waals surface area contributed by atoms with Crippen LogP contribution in [-0.2, 0) is 0 Å². The van der Waals surface area contributed by atoms with Crippen molar-refractivity contribution >= 4 is 26.7 Å². The molecule has 0 fully saturated rings. The molecule has 0 saturated heterocycles. The fourth-order valence-corrected chi connectivity index (χ4v) is 1.34. The highest BCUT2D eigenvalue weighted by Gasteiger charge is 1.96. The molecule has 54 valence electrons. The number of pyridine rings is 1. The second-order valence-electron chi connectivity index (χ2n) is 2.11. The predicted molar refractivity (Wildman–Crippen MR) is 45.0 cm³/mol. The lowest BCUT2D eigenvalue weighted by molar-refractivity contribution is 1.05. The lowest BCUT2D eigenvalue weighted by Crippen LogP contribution is -1.82. The molecule has 2 heterocycles. The van der Waals surface area contributed by atoms with Crippen LogP contribution in [0.25, 0.3) is 10.8 Å². The van der Waals surface area contributed by atoms with Gasteiger partial charge in [0, 0.05) is 27.6 Å². The van der Waals surface area contributed by atoms with Gasteiger partial charge in [-0.05, 0) is 15.9 Å². The number of aromatic nitrogens is 3. The van der Waals surface area contributed by atoms with Gasteiger partial charge in [-0.2, -0.15) is 10.2 Å². The number of halogens is 1.